The van der Waals surface area contributed by atoms with Gasteiger partial charge in [0.05, 0.1) is 6.10 Å². The number of nitrogens with zero attached hydrogens (tertiary/aromatic N) is 2. The third-order valence-corrected chi connectivity index (χ3v) is 3.25. The summed E-state index contributed by atoms with van der Waals surface area (Å²) in [4.78, 5) is 4.04. The van der Waals surface area contributed by atoms with Crippen molar-refractivity contribution in [2.24, 2.45) is 0 Å². The Morgan fingerprint density at radius 2 is 2.05 bits per heavy atom. The van der Waals surface area contributed by atoms with Crippen LogP contribution in [-0.4, -0.2) is 27.0 Å². The number of hydrogen-bond donors (Lipinski definition) is 2. The monoisotopic (exact) mass is 278 g/mol. The third-order valence-electron chi connectivity index (χ3n) is 2.40. The van der Waals surface area contributed by atoms with Crippen LogP contribution >= 0.6 is 11.8 Å². The molecule has 1 heterocycles. The Kier molecular flexibility index (Phi) is 4.68. The molecule has 0 fully saturated rings. The summed E-state index contributed by atoms with van der Waals surface area (Å²) >= 11 is 1.59. The van der Waals surface area contributed by atoms with Crippen molar-refractivity contribution in [2.75, 3.05) is 11.5 Å². The lowest BCUT2D eigenvalue weighted by atomic mass is 10.2. The van der Waals surface area contributed by atoms with Crippen molar-refractivity contribution in [1.82, 2.24) is 15.2 Å². The van der Waals surface area contributed by atoms with Crippen molar-refractivity contribution in [1.29, 1.82) is 0 Å². The molecule has 0 aliphatic rings. The van der Waals surface area contributed by atoms with Crippen LogP contribution in [0.4, 0.5) is 5.95 Å². The summed E-state index contributed by atoms with van der Waals surface area (Å²) in [6.45, 7) is 4.04. The number of H-pyrrole nitrogens is 1. The number of nitrogens with two attached hydrogens (primary N) is 1. The van der Waals surface area contributed by atoms with Gasteiger partial charge in [0, 0.05) is 5.75 Å². The molecule has 0 unspecified atom stereocenters. The molecule has 19 heavy (non-hydrogen) atoms. The van der Waals surface area contributed by atoms with Crippen LogP contribution in [0, 0.1) is 0 Å². The molecule has 0 saturated carbocycles. The summed E-state index contributed by atoms with van der Waals surface area (Å²) in [5.74, 6) is 2.19. The van der Waals surface area contributed by atoms with E-state index in [4.69, 9.17) is 10.5 Å². The van der Waals surface area contributed by atoms with Crippen LogP contribution in [0.5, 0.6) is 5.75 Å². The molecule has 5 nitrogen and oxygen atoms in total. The van der Waals surface area contributed by atoms with Crippen molar-refractivity contribution in [3.05, 3.63) is 29.8 Å². The van der Waals surface area contributed by atoms with Crippen molar-refractivity contribution < 1.29 is 4.74 Å². The SMILES string of the molecule is CC(C)Oc1ccc(CCSc2n[nH]c(N)n2)cc1. The molecular weight excluding hydrogens is 260 g/mol. The highest BCUT2D eigenvalue weighted by atomic mass is 32.2. The second-order valence-corrected chi connectivity index (χ2v) is 5.47. The summed E-state index contributed by atoms with van der Waals surface area (Å²) in [7, 11) is 0. The molecule has 0 aliphatic carbocycles. The number of aromatic nitrogens is 3. The second-order valence-electron chi connectivity index (χ2n) is 4.41. The molecule has 0 bridgehead atoms. The molecule has 0 amide bonds. The largest absolute Gasteiger partial charge is 0.491 e. The lowest BCUT2D eigenvalue weighted by molar-refractivity contribution is 0.242. The highest BCUT2D eigenvalue weighted by Gasteiger charge is 2.02. The number of thioether (sulfide) groups is 1. The first kappa shape index (κ1) is 13.7. The zero-order valence-corrected chi connectivity index (χ0v) is 11.9. The van der Waals surface area contributed by atoms with Crippen LogP contribution in [0.15, 0.2) is 29.4 Å². The molecule has 102 valence electrons. The molecule has 0 spiro atoms. The Morgan fingerprint density at radius 1 is 1.32 bits per heavy atom. The Hall–Kier alpha value is -1.69. The van der Waals surface area contributed by atoms with E-state index in [1.807, 2.05) is 26.0 Å². The number of aromatic amines is 1. The van der Waals surface area contributed by atoms with Crippen molar-refractivity contribution in [3.8, 4) is 5.75 Å². The summed E-state index contributed by atoms with van der Waals surface area (Å²) in [6, 6.07) is 8.19. The van der Waals surface area contributed by atoms with E-state index < -0.39 is 0 Å². The Bertz CT molecular complexity index is 510. The number of nitrogen functional groups attached to an aromatic ring is 1. The molecule has 6 heteroatoms. The number of rotatable bonds is 6. The molecule has 2 aromatic rings. The van der Waals surface area contributed by atoms with Crippen LogP contribution in [-0.2, 0) is 6.42 Å². The number of nitrogens with one attached hydrogen (secondary N) is 1. The fourth-order valence-electron chi connectivity index (χ4n) is 1.59. The van der Waals surface area contributed by atoms with E-state index >= 15 is 0 Å². The predicted octanol–water partition coefficient (Wildman–Crippen LogP) is 2.51. The Labute approximate surface area is 117 Å². The summed E-state index contributed by atoms with van der Waals surface area (Å²) < 4.78 is 5.60. The van der Waals surface area contributed by atoms with Gasteiger partial charge in [-0.05, 0) is 38.0 Å². The van der Waals surface area contributed by atoms with Gasteiger partial charge in [-0.1, -0.05) is 23.9 Å². The quantitative estimate of drug-likeness (QED) is 0.794. The molecule has 0 radical (unpaired) electrons. The van der Waals surface area contributed by atoms with Crippen LogP contribution in [0.25, 0.3) is 0 Å². The van der Waals surface area contributed by atoms with Crippen LogP contribution in [0.1, 0.15) is 19.4 Å². The van der Waals surface area contributed by atoms with E-state index in [0.29, 0.717) is 11.1 Å². The first-order valence-electron chi connectivity index (χ1n) is 6.20. The van der Waals surface area contributed by atoms with Gasteiger partial charge in [0.25, 0.3) is 0 Å². The van der Waals surface area contributed by atoms with E-state index in [2.05, 4.69) is 27.3 Å². The smallest absolute Gasteiger partial charge is 0.216 e. The van der Waals surface area contributed by atoms with Crippen molar-refractivity contribution >= 4 is 17.7 Å². The fourth-order valence-corrected chi connectivity index (χ4v) is 2.38. The first-order chi connectivity index (χ1) is 9.13. The fraction of sp³-hybridized carbons (Fsp3) is 0.385. The second kappa shape index (κ2) is 6.47. The average Bonchev–Trinajstić information content (AvgIpc) is 2.77. The van der Waals surface area contributed by atoms with Gasteiger partial charge in [-0.3, -0.25) is 0 Å². The maximum Gasteiger partial charge on any atom is 0.216 e. The van der Waals surface area contributed by atoms with Gasteiger partial charge in [-0.2, -0.15) is 4.98 Å². The Balaban J connectivity index is 1.79. The Morgan fingerprint density at radius 3 is 2.63 bits per heavy atom. The first-order valence-corrected chi connectivity index (χ1v) is 7.18. The van der Waals surface area contributed by atoms with Gasteiger partial charge in [0.2, 0.25) is 11.1 Å². The maximum absolute atomic E-state index is 5.60. The van der Waals surface area contributed by atoms with Crippen molar-refractivity contribution in [2.45, 2.75) is 31.5 Å². The molecule has 0 aliphatic heterocycles. The third kappa shape index (κ3) is 4.48. The summed E-state index contributed by atoms with van der Waals surface area (Å²) in [5.41, 5.74) is 6.73. The van der Waals surface area contributed by atoms with Crippen LogP contribution in [0.2, 0.25) is 0 Å². The minimum absolute atomic E-state index is 0.206. The van der Waals surface area contributed by atoms with E-state index in [1.165, 1.54) is 5.56 Å². The van der Waals surface area contributed by atoms with Gasteiger partial charge in [-0.25, -0.2) is 5.10 Å². The number of ether oxygens (including phenoxy) is 1. The minimum atomic E-state index is 0.206. The lowest BCUT2D eigenvalue weighted by Crippen LogP contribution is -2.05. The number of anilines is 1. The standard InChI is InChI=1S/C13H18N4OS/c1-9(2)18-11-5-3-10(4-6-11)7-8-19-13-15-12(14)16-17-13/h3-6,9H,7-8H2,1-2H3,(H3,14,15,16,17). The topological polar surface area (TPSA) is 76.8 Å². The number of aryl methyl sites for hydroxylation is 1. The molecular formula is C13H18N4OS. The zero-order chi connectivity index (χ0) is 13.7. The van der Waals surface area contributed by atoms with E-state index in [0.717, 1.165) is 17.9 Å². The molecule has 1 aromatic carbocycles. The molecule has 0 saturated heterocycles. The minimum Gasteiger partial charge on any atom is -0.491 e. The highest BCUT2D eigenvalue weighted by molar-refractivity contribution is 7.99. The molecule has 3 N–H and O–H groups in total. The molecule has 2 rings (SSSR count). The van der Waals surface area contributed by atoms with Gasteiger partial charge < -0.3 is 10.5 Å². The number of benzene rings is 1. The average molecular weight is 278 g/mol. The van der Waals surface area contributed by atoms with Gasteiger partial charge >= 0.3 is 0 Å². The van der Waals surface area contributed by atoms with Gasteiger partial charge in [-0.15, -0.1) is 5.10 Å². The van der Waals surface area contributed by atoms with Gasteiger partial charge in [0.15, 0.2) is 0 Å². The van der Waals surface area contributed by atoms with E-state index in [-0.39, 0.29) is 6.10 Å². The normalized spacial score (nSPS) is 10.9. The van der Waals surface area contributed by atoms with Crippen LogP contribution < -0.4 is 10.5 Å². The molecule has 0 atom stereocenters. The van der Waals surface area contributed by atoms with Gasteiger partial charge in [0.1, 0.15) is 5.75 Å². The summed E-state index contributed by atoms with van der Waals surface area (Å²) in [5, 5.41) is 7.29. The van der Waals surface area contributed by atoms with Crippen LogP contribution in [0.3, 0.4) is 0 Å². The highest BCUT2D eigenvalue weighted by Crippen LogP contribution is 2.18. The molecule has 1 aromatic heterocycles. The zero-order valence-electron chi connectivity index (χ0n) is 11.1. The van der Waals surface area contributed by atoms with E-state index in [9.17, 15) is 0 Å². The number of hydrogen-bond acceptors (Lipinski definition) is 5. The maximum atomic E-state index is 5.60. The predicted molar refractivity (Wildman–Crippen MR) is 77.4 cm³/mol. The van der Waals surface area contributed by atoms with E-state index in [1.54, 1.807) is 11.8 Å². The van der Waals surface area contributed by atoms with Crippen molar-refractivity contribution in [3.63, 3.8) is 0 Å². The summed E-state index contributed by atoms with van der Waals surface area (Å²) in [6.07, 6.45) is 1.17. The lowest BCUT2D eigenvalue weighted by Gasteiger charge is -2.09.